The molecule has 40 heavy (non-hydrogen) atoms. The Bertz CT molecular complexity index is 1470. The van der Waals surface area contributed by atoms with Crippen LogP contribution in [-0.4, -0.2) is 42.0 Å². The van der Waals surface area contributed by atoms with Crippen molar-refractivity contribution in [1.29, 1.82) is 0 Å². The number of benzene rings is 2. The number of carbonyl (C=O) groups excluding carboxylic acids is 2. The molecule has 2 aromatic carbocycles. The summed E-state index contributed by atoms with van der Waals surface area (Å²) in [7, 11) is -4.06. The number of aryl methyl sites for hydroxylation is 1. The Morgan fingerprint density at radius 3 is 2.20 bits per heavy atom. The fourth-order valence-electron chi connectivity index (χ4n) is 5.28. The molecule has 3 aromatic rings. The lowest BCUT2D eigenvalue weighted by Crippen LogP contribution is -2.67. The highest BCUT2D eigenvalue weighted by atomic mass is 35.5. The van der Waals surface area contributed by atoms with Crippen LogP contribution in [-0.2, 0) is 26.2 Å². The van der Waals surface area contributed by atoms with Crippen molar-refractivity contribution in [2.24, 2.45) is 11.7 Å². The molecule has 2 amide bonds. The van der Waals surface area contributed by atoms with Crippen LogP contribution < -0.4 is 10.5 Å². The predicted molar refractivity (Wildman–Crippen MR) is 156 cm³/mol. The van der Waals surface area contributed by atoms with Crippen molar-refractivity contribution in [2.45, 2.75) is 77.9 Å². The zero-order valence-corrected chi connectivity index (χ0v) is 25.3. The molecule has 0 radical (unpaired) electrons. The van der Waals surface area contributed by atoms with E-state index in [9.17, 15) is 18.0 Å². The van der Waals surface area contributed by atoms with Gasteiger partial charge in [0.15, 0.2) is 11.8 Å². The van der Waals surface area contributed by atoms with E-state index in [4.69, 9.17) is 21.9 Å². The van der Waals surface area contributed by atoms with Crippen molar-refractivity contribution in [3.05, 3.63) is 64.9 Å². The number of hydrogen-bond acceptors (Lipinski definition) is 6. The summed E-state index contributed by atoms with van der Waals surface area (Å²) in [6.45, 7) is 11.5. The number of nitrogens with one attached hydrogen (secondary N) is 1. The fraction of sp³-hybridized carbons (Fsp3) is 0.414. The Balaban J connectivity index is 2.03. The maximum Gasteiger partial charge on any atom is 0.314 e. The van der Waals surface area contributed by atoms with Gasteiger partial charge in [-0.2, -0.15) is 0 Å². The monoisotopic (exact) mass is 589 g/mol. The van der Waals surface area contributed by atoms with Gasteiger partial charge >= 0.3 is 5.91 Å². The molecular weight excluding hydrogens is 552 g/mol. The number of rotatable bonds is 12. The van der Waals surface area contributed by atoms with Gasteiger partial charge in [0.2, 0.25) is 5.82 Å². The minimum Gasteiger partial charge on any atom is -0.364 e. The Hall–Kier alpha value is -3.21. The highest BCUT2D eigenvalue weighted by Crippen LogP contribution is 2.34. The molecular formula is C29H38ClN4O5S+. The third-order valence-corrected chi connectivity index (χ3v) is 9.02. The summed E-state index contributed by atoms with van der Waals surface area (Å²) >= 11 is 6.12. The Morgan fingerprint density at radius 2 is 1.70 bits per heavy atom. The molecule has 1 heterocycles. The normalized spacial score (nSPS) is 14.2. The summed E-state index contributed by atoms with van der Waals surface area (Å²) in [5, 5.41) is 3.78. The molecule has 216 valence electrons. The van der Waals surface area contributed by atoms with Gasteiger partial charge in [-0.3, -0.25) is 9.52 Å². The molecule has 2 atom stereocenters. The number of primary amides is 1. The van der Waals surface area contributed by atoms with E-state index in [1.807, 2.05) is 58.9 Å². The van der Waals surface area contributed by atoms with Crippen LogP contribution in [0.2, 0.25) is 5.02 Å². The van der Waals surface area contributed by atoms with Crippen LogP contribution in [0.25, 0.3) is 11.1 Å². The molecule has 3 rings (SSSR count). The van der Waals surface area contributed by atoms with Crippen LogP contribution in [0.1, 0.15) is 58.8 Å². The van der Waals surface area contributed by atoms with Gasteiger partial charge in [-0.15, -0.1) is 0 Å². The first-order valence-electron chi connectivity index (χ1n) is 13.3. The van der Waals surface area contributed by atoms with Crippen LogP contribution in [0, 0.1) is 12.8 Å². The van der Waals surface area contributed by atoms with Gasteiger partial charge in [-0.1, -0.05) is 80.0 Å². The zero-order chi connectivity index (χ0) is 29.8. The molecule has 0 aliphatic rings. The van der Waals surface area contributed by atoms with Crippen molar-refractivity contribution in [2.75, 3.05) is 4.72 Å². The van der Waals surface area contributed by atoms with Crippen molar-refractivity contribution >= 4 is 39.3 Å². The summed E-state index contributed by atoms with van der Waals surface area (Å²) < 4.78 is 33.9. The zero-order valence-electron chi connectivity index (χ0n) is 23.8. The Kier molecular flexibility index (Phi) is 9.81. The number of nitrogens with two attached hydrogens (primary N) is 1. The quantitative estimate of drug-likeness (QED) is 0.262. The SMILES string of the molecule is CCCC(=O)[N+](Cc1ccc(-c2ccccc2S(=O)(=O)Nc2noc(C)c2Cl)cc1)(C(C)C)[C@H](C(N)=O)C(C)C. The van der Waals surface area contributed by atoms with E-state index in [-0.39, 0.29) is 44.6 Å². The summed E-state index contributed by atoms with van der Waals surface area (Å²) in [5.74, 6) is -0.459. The Morgan fingerprint density at radius 1 is 1.07 bits per heavy atom. The number of anilines is 1. The summed E-state index contributed by atoms with van der Waals surface area (Å²) in [6.07, 6.45) is 0.993. The molecule has 0 bridgehead atoms. The maximum atomic E-state index is 13.6. The van der Waals surface area contributed by atoms with Gasteiger partial charge in [0.05, 0.1) is 17.4 Å². The largest absolute Gasteiger partial charge is 0.364 e. The average molecular weight is 590 g/mol. The number of aromatic nitrogens is 1. The molecule has 0 aliphatic carbocycles. The summed E-state index contributed by atoms with van der Waals surface area (Å²) in [6, 6.07) is 13.0. The van der Waals surface area contributed by atoms with Crippen LogP contribution in [0.3, 0.4) is 0 Å². The maximum absolute atomic E-state index is 13.6. The second-order valence-electron chi connectivity index (χ2n) is 10.6. The van der Waals surface area contributed by atoms with Gasteiger partial charge in [-0.05, 0) is 38.8 Å². The first-order chi connectivity index (χ1) is 18.8. The number of quaternary nitrogens is 1. The second kappa shape index (κ2) is 12.5. The summed E-state index contributed by atoms with van der Waals surface area (Å²) in [4.78, 5) is 26.4. The van der Waals surface area contributed by atoms with Crippen molar-refractivity contribution in [1.82, 2.24) is 5.16 Å². The van der Waals surface area contributed by atoms with Crippen LogP contribution in [0.15, 0.2) is 57.9 Å². The van der Waals surface area contributed by atoms with E-state index in [0.717, 1.165) is 5.56 Å². The standard InChI is InChI=1S/C29H37ClN4O5S/c1-7-10-25(35)34(19(4)5,27(18(2)3)28(31)36)17-21-13-15-22(16-14-21)23-11-8-9-12-24(23)40(37,38)33-29-26(30)20(6)39-32-29/h8-9,11-16,18-19,27H,7,10,17H2,1-6H3,(H2-,31,32,33,36)/p+1/t27-,34?/m0/s1. The van der Waals surface area contributed by atoms with Crippen molar-refractivity contribution in [3.8, 4) is 11.1 Å². The van der Waals surface area contributed by atoms with E-state index < -0.39 is 22.0 Å². The van der Waals surface area contributed by atoms with E-state index in [2.05, 4.69) is 9.88 Å². The molecule has 0 spiro atoms. The van der Waals surface area contributed by atoms with Gasteiger partial charge < -0.3 is 10.3 Å². The predicted octanol–water partition coefficient (Wildman–Crippen LogP) is 5.67. The van der Waals surface area contributed by atoms with Crippen LogP contribution in [0.4, 0.5) is 5.82 Å². The third kappa shape index (κ3) is 6.24. The van der Waals surface area contributed by atoms with E-state index in [1.165, 1.54) is 6.07 Å². The third-order valence-electron chi connectivity index (χ3n) is 7.18. The number of sulfonamides is 1. The second-order valence-corrected chi connectivity index (χ2v) is 12.6. The lowest BCUT2D eigenvalue weighted by molar-refractivity contribution is -0.907. The number of halogens is 1. The smallest absolute Gasteiger partial charge is 0.314 e. The molecule has 9 nitrogen and oxygen atoms in total. The van der Waals surface area contributed by atoms with E-state index in [1.54, 1.807) is 25.1 Å². The fourth-order valence-corrected chi connectivity index (χ4v) is 6.69. The van der Waals surface area contributed by atoms with Gasteiger partial charge in [0.25, 0.3) is 15.9 Å². The number of nitrogens with zero attached hydrogens (tertiary/aromatic N) is 2. The number of carbonyl (C=O) groups is 2. The molecule has 0 saturated heterocycles. The summed E-state index contributed by atoms with van der Waals surface area (Å²) in [5.41, 5.74) is 7.85. The van der Waals surface area contributed by atoms with Crippen molar-refractivity contribution in [3.63, 3.8) is 0 Å². The first-order valence-corrected chi connectivity index (χ1v) is 15.1. The van der Waals surface area contributed by atoms with Crippen molar-refractivity contribution < 1.29 is 27.0 Å². The average Bonchev–Trinajstić information content (AvgIpc) is 3.19. The molecule has 11 heteroatoms. The first kappa shape index (κ1) is 31.3. The number of hydrogen-bond donors (Lipinski definition) is 2. The van der Waals surface area contributed by atoms with E-state index >= 15 is 0 Å². The Labute approximate surface area is 241 Å². The molecule has 0 fully saturated rings. The van der Waals surface area contributed by atoms with Crippen LogP contribution in [0.5, 0.6) is 0 Å². The molecule has 1 unspecified atom stereocenters. The van der Waals surface area contributed by atoms with Crippen LogP contribution >= 0.6 is 11.6 Å². The van der Waals surface area contributed by atoms with E-state index in [0.29, 0.717) is 29.7 Å². The minimum absolute atomic E-state index is 0.0247. The highest BCUT2D eigenvalue weighted by Gasteiger charge is 2.50. The number of amides is 2. The van der Waals surface area contributed by atoms with Gasteiger partial charge in [0, 0.05) is 17.0 Å². The molecule has 3 N–H and O–H groups in total. The van der Waals surface area contributed by atoms with Gasteiger partial charge in [0.1, 0.15) is 11.6 Å². The highest BCUT2D eigenvalue weighted by molar-refractivity contribution is 7.92. The lowest BCUT2D eigenvalue weighted by atomic mass is 9.93. The molecule has 1 aromatic heterocycles. The molecule has 0 saturated carbocycles. The van der Waals surface area contributed by atoms with Gasteiger partial charge in [-0.25, -0.2) is 17.7 Å². The minimum atomic E-state index is -4.06. The topological polar surface area (TPSA) is 132 Å². The molecule has 0 aliphatic heterocycles. The lowest BCUT2D eigenvalue weighted by Gasteiger charge is -2.46.